The summed E-state index contributed by atoms with van der Waals surface area (Å²) in [6.07, 6.45) is 0.792. The Morgan fingerprint density at radius 1 is 1.44 bits per heavy atom. The first-order valence-electron chi connectivity index (χ1n) is 5.91. The summed E-state index contributed by atoms with van der Waals surface area (Å²) in [4.78, 5) is 13.8. The van der Waals surface area contributed by atoms with Gasteiger partial charge in [0.25, 0.3) is 5.91 Å². The number of phenols is 2. The summed E-state index contributed by atoms with van der Waals surface area (Å²) in [7, 11) is 1.70. The van der Waals surface area contributed by atoms with E-state index >= 15 is 0 Å². The molecule has 2 atom stereocenters. The number of aromatic hydroxyl groups is 2. The molecule has 1 heterocycles. The number of phenolic OH excluding ortho intramolecular Hbond substituents is 2. The standard InChI is InChI=1S/C13H17NO4/c1-8-11(5-6-18-8)14(2)13(17)10-4-3-9(15)7-12(10)16/h3-4,7-8,11,15-16H,5-6H2,1-2H3. The van der Waals surface area contributed by atoms with Crippen molar-refractivity contribution in [3.05, 3.63) is 23.8 Å². The van der Waals surface area contributed by atoms with E-state index in [4.69, 9.17) is 4.74 Å². The van der Waals surface area contributed by atoms with Crippen LogP contribution in [0.1, 0.15) is 23.7 Å². The zero-order valence-corrected chi connectivity index (χ0v) is 10.5. The minimum atomic E-state index is -0.269. The van der Waals surface area contributed by atoms with Gasteiger partial charge in [-0.15, -0.1) is 0 Å². The quantitative estimate of drug-likeness (QED) is 0.832. The summed E-state index contributed by atoms with van der Waals surface area (Å²) >= 11 is 0. The van der Waals surface area contributed by atoms with E-state index in [1.807, 2.05) is 6.92 Å². The normalized spacial score (nSPS) is 23.0. The summed E-state index contributed by atoms with van der Waals surface area (Å²) in [6.45, 7) is 2.57. The van der Waals surface area contributed by atoms with Crippen molar-refractivity contribution in [1.29, 1.82) is 0 Å². The van der Waals surface area contributed by atoms with Gasteiger partial charge in [-0.05, 0) is 25.5 Å². The van der Waals surface area contributed by atoms with Gasteiger partial charge in [-0.2, -0.15) is 0 Å². The number of ether oxygens (including phenoxy) is 1. The Balaban J connectivity index is 2.20. The van der Waals surface area contributed by atoms with Crippen molar-refractivity contribution in [3.63, 3.8) is 0 Å². The van der Waals surface area contributed by atoms with Crippen molar-refractivity contribution in [1.82, 2.24) is 4.90 Å². The number of hydrogen-bond acceptors (Lipinski definition) is 4. The highest BCUT2D eigenvalue weighted by Crippen LogP contribution is 2.26. The maximum Gasteiger partial charge on any atom is 0.257 e. The number of carbonyl (C=O) groups is 1. The predicted molar refractivity (Wildman–Crippen MR) is 65.7 cm³/mol. The minimum absolute atomic E-state index is 0.00166. The number of carbonyl (C=O) groups excluding carboxylic acids is 1. The SMILES string of the molecule is CC1OCCC1N(C)C(=O)c1ccc(O)cc1O. The van der Waals surface area contributed by atoms with Crippen LogP contribution in [0.15, 0.2) is 18.2 Å². The number of amides is 1. The Kier molecular flexibility index (Phi) is 3.43. The van der Waals surface area contributed by atoms with Gasteiger partial charge < -0.3 is 19.8 Å². The van der Waals surface area contributed by atoms with Gasteiger partial charge >= 0.3 is 0 Å². The first kappa shape index (κ1) is 12.7. The van der Waals surface area contributed by atoms with Crippen LogP contribution in [-0.4, -0.2) is 46.8 Å². The maximum absolute atomic E-state index is 12.2. The van der Waals surface area contributed by atoms with Crippen LogP contribution in [0.25, 0.3) is 0 Å². The molecule has 0 aliphatic carbocycles. The molecule has 1 aromatic carbocycles. The lowest BCUT2D eigenvalue weighted by molar-refractivity contribution is 0.0572. The zero-order chi connectivity index (χ0) is 13.3. The lowest BCUT2D eigenvalue weighted by atomic mass is 10.1. The first-order valence-corrected chi connectivity index (χ1v) is 5.91. The van der Waals surface area contributed by atoms with Gasteiger partial charge in [-0.25, -0.2) is 0 Å². The van der Waals surface area contributed by atoms with Crippen molar-refractivity contribution >= 4 is 5.91 Å². The van der Waals surface area contributed by atoms with E-state index in [2.05, 4.69) is 0 Å². The molecule has 0 aromatic heterocycles. The van der Waals surface area contributed by atoms with Gasteiger partial charge in [0.05, 0.1) is 17.7 Å². The molecule has 5 heteroatoms. The second kappa shape index (κ2) is 4.86. The van der Waals surface area contributed by atoms with Crippen LogP contribution in [0.2, 0.25) is 0 Å². The Morgan fingerprint density at radius 3 is 2.72 bits per heavy atom. The lowest BCUT2D eigenvalue weighted by Gasteiger charge is -2.27. The van der Waals surface area contributed by atoms with E-state index < -0.39 is 0 Å². The van der Waals surface area contributed by atoms with E-state index in [0.29, 0.717) is 6.61 Å². The fourth-order valence-corrected chi connectivity index (χ4v) is 2.27. The van der Waals surface area contributed by atoms with Crippen molar-refractivity contribution in [2.24, 2.45) is 0 Å². The van der Waals surface area contributed by atoms with Crippen LogP contribution in [0.3, 0.4) is 0 Å². The highest BCUT2D eigenvalue weighted by molar-refractivity contribution is 5.97. The summed E-state index contributed by atoms with van der Waals surface area (Å²) < 4.78 is 5.43. The van der Waals surface area contributed by atoms with Crippen LogP contribution < -0.4 is 0 Å². The van der Waals surface area contributed by atoms with Crippen LogP contribution in [0.4, 0.5) is 0 Å². The Bertz CT molecular complexity index is 460. The number of benzene rings is 1. The van der Waals surface area contributed by atoms with Crippen molar-refractivity contribution < 1.29 is 19.7 Å². The van der Waals surface area contributed by atoms with Crippen LogP contribution in [0.5, 0.6) is 11.5 Å². The van der Waals surface area contributed by atoms with Gasteiger partial charge in [-0.1, -0.05) is 0 Å². The monoisotopic (exact) mass is 251 g/mol. The molecule has 1 amide bonds. The van der Waals surface area contributed by atoms with Gasteiger partial charge in [0, 0.05) is 19.7 Å². The molecule has 1 fully saturated rings. The Hall–Kier alpha value is -1.75. The van der Waals surface area contributed by atoms with Crippen molar-refractivity contribution in [3.8, 4) is 11.5 Å². The second-order valence-corrected chi connectivity index (χ2v) is 4.55. The average Bonchev–Trinajstić information content (AvgIpc) is 2.74. The second-order valence-electron chi connectivity index (χ2n) is 4.55. The topological polar surface area (TPSA) is 70.0 Å². The van der Waals surface area contributed by atoms with Crippen LogP contribution in [0, 0.1) is 0 Å². The third-order valence-electron chi connectivity index (χ3n) is 3.37. The molecule has 2 N–H and O–H groups in total. The van der Waals surface area contributed by atoms with Crippen LogP contribution in [-0.2, 0) is 4.74 Å². The number of rotatable bonds is 2. The van der Waals surface area contributed by atoms with Gasteiger partial charge in [0.1, 0.15) is 11.5 Å². The summed E-state index contributed by atoms with van der Waals surface area (Å²) in [6, 6.07) is 3.99. The fourth-order valence-electron chi connectivity index (χ4n) is 2.27. The molecule has 2 unspecified atom stereocenters. The largest absolute Gasteiger partial charge is 0.508 e. The molecule has 0 radical (unpaired) electrons. The van der Waals surface area contributed by atoms with E-state index in [1.54, 1.807) is 11.9 Å². The number of nitrogens with zero attached hydrogens (tertiary/aromatic N) is 1. The molecule has 5 nitrogen and oxygen atoms in total. The molecule has 18 heavy (non-hydrogen) atoms. The average molecular weight is 251 g/mol. The Morgan fingerprint density at radius 2 is 2.17 bits per heavy atom. The molecular formula is C13H17NO4. The summed E-state index contributed by atoms with van der Waals surface area (Å²) in [5.41, 5.74) is 0.189. The minimum Gasteiger partial charge on any atom is -0.508 e. The molecule has 1 aliphatic rings. The first-order chi connectivity index (χ1) is 8.50. The highest BCUT2D eigenvalue weighted by Gasteiger charge is 2.31. The molecule has 0 spiro atoms. The smallest absolute Gasteiger partial charge is 0.257 e. The molecule has 98 valence electrons. The molecule has 2 rings (SSSR count). The van der Waals surface area contributed by atoms with E-state index in [1.165, 1.54) is 12.1 Å². The van der Waals surface area contributed by atoms with E-state index in [0.717, 1.165) is 12.5 Å². The van der Waals surface area contributed by atoms with Gasteiger partial charge in [-0.3, -0.25) is 4.79 Å². The molecule has 1 aromatic rings. The van der Waals surface area contributed by atoms with E-state index in [9.17, 15) is 15.0 Å². The highest BCUT2D eigenvalue weighted by atomic mass is 16.5. The van der Waals surface area contributed by atoms with Crippen LogP contribution >= 0.6 is 0 Å². The third-order valence-corrected chi connectivity index (χ3v) is 3.37. The Labute approximate surface area is 106 Å². The van der Waals surface area contributed by atoms with Gasteiger partial charge in [0.15, 0.2) is 0 Å². The molecule has 1 saturated heterocycles. The fraction of sp³-hybridized carbons (Fsp3) is 0.462. The van der Waals surface area contributed by atoms with Gasteiger partial charge in [0.2, 0.25) is 0 Å². The predicted octanol–water partition coefficient (Wildman–Crippen LogP) is 1.35. The molecule has 0 saturated carbocycles. The maximum atomic E-state index is 12.2. The van der Waals surface area contributed by atoms with Crippen molar-refractivity contribution in [2.75, 3.05) is 13.7 Å². The molecule has 0 bridgehead atoms. The number of hydrogen-bond donors (Lipinski definition) is 2. The van der Waals surface area contributed by atoms with E-state index in [-0.39, 0.29) is 35.1 Å². The third kappa shape index (κ3) is 2.26. The van der Waals surface area contributed by atoms with Crippen molar-refractivity contribution in [2.45, 2.75) is 25.5 Å². The lowest BCUT2D eigenvalue weighted by Crippen LogP contribution is -2.41. The summed E-state index contributed by atoms with van der Waals surface area (Å²) in [5, 5.41) is 18.9. The molecule has 1 aliphatic heterocycles. The summed E-state index contributed by atoms with van der Waals surface area (Å²) in [5.74, 6) is -0.544. The molecular weight excluding hydrogens is 234 g/mol. The number of likely N-dealkylation sites (N-methyl/N-ethyl adjacent to an activating group) is 1. The zero-order valence-electron chi connectivity index (χ0n) is 10.5.